The minimum atomic E-state index is -0.583. The predicted molar refractivity (Wildman–Crippen MR) is 104 cm³/mol. The number of amides is 1. The Bertz CT molecular complexity index is 764. The third-order valence-electron chi connectivity index (χ3n) is 5.46. The summed E-state index contributed by atoms with van der Waals surface area (Å²) in [5.41, 5.74) is 2.46. The van der Waals surface area contributed by atoms with Gasteiger partial charge in [0.25, 0.3) is 0 Å². The van der Waals surface area contributed by atoms with Crippen molar-refractivity contribution in [2.24, 2.45) is 0 Å². The SMILES string of the molecule is CN(Cc1ccc(N(C)C)cc1)C(=O)C1(c2cccc(F)c2)CCCC1. The lowest BCUT2D eigenvalue weighted by atomic mass is 9.77. The van der Waals surface area contributed by atoms with Crippen LogP contribution >= 0.6 is 0 Å². The molecular weight excluding hydrogens is 327 g/mol. The Labute approximate surface area is 155 Å². The van der Waals surface area contributed by atoms with Crippen LogP contribution in [-0.4, -0.2) is 32.0 Å². The highest BCUT2D eigenvalue weighted by Crippen LogP contribution is 2.42. The summed E-state index contributed by atoms with van der Waals surface area (Å²) in [6, 6.07) is 14.8. The van der Waals surface area contributed by atoms with Gasteiger partial charge in [0.2, 0.25) is 5.91 Å². The first-order valence-corrected chi connectivity index (χ1v) is 9.20. The van der Waals surface area contributed by atoms with Crippen LogP contribution in [-0.2, 0) is 16.8 Å². The maximum atomic E-state index is 13.8. The zero-order valence-corrected chi connectivity index (χ0v) is 15.8. The van der Waals surface area contributed by atoms with E-state index in [2.05, 4.69) is 29.2 Å². The van der Waals surface area contributed by atoms with Gasteiger partial charge in [0.1, 0.15) is 5.82 Å². The molecule has 1 aliphatic carbocycles. The molecule has 4 heteroatoms. The Morgan fingerprint density at radius 2 is 1.69 bits per heavy atom. The van der Waals surface area contributed by atoms with Crippen LogP contribution < -0.4 is 4.90 Å². The molecule has 26 heavy (non-hydrogen) atoms. The number of carbonyl (C=O) groups is 1. The van der Waals surface area contributed by atoms with Gasteiger partial charge in [0, 0.05) is 33.4 Å². The zero-order valence-electron chi connectivity index (χ0n) is 15.8. The molecule has 0 aromatic heterocycles. The van der Waals surface area contributed by atoms with Crippen LogP contribution in [0.3, 0.4) is 0 Å². The average Bonchev–Trinajstić information content (AvgIpc) is 3.12. The molecule has 0 aliphatic heterocycles. The summed E-state index contributed by atoms with van der Waals surface area (Å²) in [4.78, 5) is 17.2. The summed E-state index contributed by atoms with van der Waals surface area (Å²) >= 11 is 0. The maximum absolute atomic E-state index is 13.8. The second kappa shape index (κ2) is 7.48. The van der Waals surface area contributed by atoms with Gasteiger partial charge in [-0.3, -0.25) is 4.79 Å². The van der Waals surface area contributed by atoms with Crippen LogP contribution in [0.25, 0.3) is 0 Å². The number of nitrogens with zero attached hydrogens (tertiary/aromatic N) is 2. The third-order valence-corrected chi connectivity index (χ3v) is 5.46. The molecule has 0 heterocycles. The standard InChI is InChI=1S/C22H27FN2O/c1-24(2)20-11-9-17(10-12-20)16-25(3)21(26)22(13-4-5-14-22)18-7-6-8-19(23)15-18/h6-12,15H,4-5,13-14,16H2,1-3H3. The molecule has 3 rings (SSSR count). The smallest absolute Gasteiger partial charge is 0.233 e. The van der Waals surface area contributed by atoms with E-state index in [-0.39, 0.29) is 11.7 Å². The lowest BCUT2D eigenvalue weighted by Crippen LogP contribution is -2.43. The van der Waals surface area contributed by atoms with Crippen LogP contribution in [0, 0.1) is 5.82 Å². The van der Waals surface area contributed by atoms with Crippen molar-refractivity contribution in [3.05, 3.63) is 65.5 Å². The summed E-state index contributed by atoms with van der Waals surface area (Å²) in [5.74, 6) is -0.180. The molecule has 0 radical (unpaired) electrons. The van der Waals surface area contributed by atoms with E-state index in [1.807, 2.05) is 27.2 Å². The Hall–Kier alpha value is -2.36. The van der Waals surface area contributed by atoms with Crippen molar-refractivity contribution >= 4 is 11.6 Å². The number of likely N-dealkylation sites (N-methyl/N-ethyl adjacent to an activating group) is 1. The fraction of sp³-hybridized carbons (Fsp3) is 0.409. The topological polar surface area (TPSA) is 23.6 Å². The molecule has 2 aromatic carbocycles. The lowest BCUT2D eigenvalue weighted by Gasteiger charge is -2.33. The Kier molecular flexibility index (Phi) is 5.30. The van der Waals surface area contributed by atoms with Crippen LogP contribution in [0.5, 0.6) is 0 Å². The summed E-state index contributed by atoms with van der Waals surface area (Å²) in [6.07, 6.45) is 3.60. The van der Waals surface area contributed by atoms with Crippen molar-refractivity contribution in [1.29, 1.82) is 0 Å². The van der Waals surface area contributed by atoms with Crippen molar-refractivity contribution < 1.29 is 9.18 Å². The molecule has 138 valence electrons. The Morgan fingerprint density at radius 3 is 2.27 bits per heavy atom. The molecule has 3 nitrogen and oxygen atoms in total. The van der Waals surface area contributed by atoms with Crippen LogP contribution in [0.4, 0.5) is 10.1 Å². The molecule has 0 saturated heterocycles. The van der Waals surface area contributed by atoms with Gasteiger partial charge in [-0.15, -0.1) is 0 Å². The number of halogens is 1. The first-order valence-electron chi connectivity index (χ1n) is 9.20. The third kappa shape index (κ3) is 3.59. The zero-order chi connectivity index (χ0) is 18.7. The second-order valence-corrected chi connectivity index (χ2v) is 7.52. The van der Waals surface area contributed by atoms with Crippen molar-refractivity contribution in [3.63, 3.8) is 0 Å². The van der Waals surface area contributed by atoms with E-state index in [0.29, 0.717) is 6.54 Å². The van der Waals surface area contributed by atoms with E-state index in [9.17, 15) is 9.18 Å². The fourth-order valence-electron chi connectivity index (χ4n) is 4.00. The Morgan fingerprint density at radius 1 is 1.04 bits per heavy atom. The molecule has 0 bridgehead atoms. The number of rotatable bonds is 5. The van der Waals surface area contributed by atoms with E-state index in [4.69, 9.17) is 0 Å². The first kappa shape index (κ1) is 18.4. The van der Waals surface area contributed by atoms with E-state index in [0.717, 1.165) is 42.5 Å². The molecule has 0 spiro atoms. The molecule has 0 N–H and O–H groups in total. The molecule has 0 unspecified atom stereocenters. The van der Waals surface area contributed by atoms with Gasteiger partial charge >= 0.3 is 0 Å². The van der Waals surface area contributed by atoms with E-state index >= 15 is 0 Å². The normalized spacial score (nSPS) is 15.7. The first-order chi connectivity index (χ1) is 12.4. The lowest BCUT2D eigenvalue weighted by molar-refractivity contribution is -0.136. The van der Waals surface area contributed by atoms with Gasteiger partial charge in [0.05, 0.1) is 5.41 Å². The van der Waals surface area contributed by atoms with Crippen LogP contribution in [0.2, 0.25) is 0 Å². The maximum Gasteiger partial charge on any atom is 0.233 e. The van der Waals surface area contributed by atoms with Gasteiger partial charge in [-0.25, -0.2) is 4.39 Å². The number of anilines is 1. The summed E-state index contributed by atoms with van der Waals surface area (Å²) < 4.78 is 13.8. The monoisotopic (exact) mass is 354 g/mol. The second-order valence-electron chi connectivity index (χ2n) is 7.52. The fourth-order valence-corrected chi connectivity index (χ4v) is 4.00. The predicted octanol–water partition coefficient (Wildman–Crippen LogP) is 4.36. The number of hydrogen-bond acceptors (Lipinski definition) is 2. The highest BCUT2D eigenvalue weighted by Gasteiger charge is 2.44. The minimum Gasteiger partial charge on any atom is -0.378 e. The Balaban J connectivity index is 1.81. The van der Waals surface area contributed by atoms with E-state index in [1.54, 1.807) is 11.0 Å². The molecule has 1 amide bonds. The number of benzene rings is 2. The van der Waals surface area contributed by atoms with Crippen molar-refractivity contribution in [3.8, 4) is 0 Å². The van der Waals surface area contributed by atoms with Gasteiger partial charge in [-0.1, -0.05) is 37.1 Å². The highest BCUT2D eigenvalue weighted by molar-refractivity contribution is 5.88. The minimum absolute atomic E-state index is 0.0947. The van der Waals surface area contributed by atoms with E-state index in [1.165, 1.54) is 12.1 Å². The summed E-state index contributed by atoms with van der Waals surface area (Å²) in [7, 11) is 5.86. The molecule has 2 aromatic rings. The van der Waals surface area contributed by atoms with E-state index < -0.39 is 5.41 Å². The van der Waals surface area contributed by atoms with Gasteiger partial charge < -0.3 is 9.80 Å². The molecular formula is C22H27FN2O. The van der Waals surface area contributed by atoms with Crippen molar-refractivity contribution in [1.82, 2.24) is 4.90 Å². The average molecular weight is 354 g/mol. The number of hydrogen-bond donors (Lipinski definition) is 0. The largest absolute Gasteiger partial charge is 0.378 e. The molecule has 1 aliphatic rings. The van der Waals surface area contributed by atoms with Crippen LogP contribution in [0.1, 0.15) is 36.8 Å². The summed E-state index contributed by atoms with van der Waals surface area (Å²) in [5, 5.41) is 0. The van der Waals surface area contributed by atoms with Crippen LogP contribution in [0.15, 0.2) is 48.5 Å². The number of carbonyl (C=O) groups excluding carboxylic acids is 1. The van der Waals surface area contributed by atoms with Gasteiger partial charge in [0.15, 0.2) is 0 Å². The van der Waals surface area contributed by atoms with Gasteiger partial charge in [-0.2, -0.15) is 0 Å². The highest BCUT2D eigenvalue weighted by atomic mass is 19.1. The summed E-state index contributed by atoms with van der Waals surface area (Å²) in [6.45, 7) is 0.559. The van der Waals surface area contributed by atoms with Crippen molar-refractivity contribution in [2.45, 2.75) is 37.6 Å². The molecule has 1 fully saturated rings. The van der Waals surface area contributed by atoms with Crippen molar-refractivity contribution in [2.75, 3.05) is 26.0 Å². The molecule has 0 atom stereocenters. The molecule has 1 saturated carbocycles. The van der Waals surface area contributed by atoms with Gasteiger partial charge in [-0.05, 0) is 48.2 Å². The quantitative estimate of drug-likeness (QED) is 0.796.